The van der Waals surface area contributed by atoms with Crippen LogP contribution in [0.15, 0.2) is 48.5 Å². The van der Waals surface area contributed by atoms with Gasteiger partial charge in [-0.1, -0.05) is 24.3 Å². The quantitative estimate of drug-likeness (QED) is 0.758. The van der Waals surface area contributed by atoms with E-state index >= 15 is 0 Å². The highest BCUT2D eigenvalue weighted by molar-refractivity contribution is 5.92. The average molecular weight is 389 g/mol. The Morgan fingerprint density at radius 2 is 1.82 bits per heavy atom. The lowest BCUT2D eigenvalue weighted by atomic mass is 9.87. The normalized spacial score (nSPS) is 16.8. The Kier molecular flexibility index (Phi) is 6.23. The van der Waals surface area contributed by atoms with Gasteiger partial charge in [0.15, 0.2) is 6.10 Å². The number of carbonyl (C=O) groups is 2. The minimum atomic E-state index is -2.94. The molecule has 0 unspecified atom stereocenters. The molecule has 28 heavy (non-hydrogen) atoms. The summed E-state index contributed by atoms with van der Waals surface area (Å²) in [5, 5.41) is 2.94. The molecule has 0 aliphatic heterocycles. The zero-order chi connectivity index (χ0) is 20.1. The monoisotopic (exact) mass is 389 g/mol. The molecule has 1 aliphatic carbocycles. The third kappa shape index (κ3) is 4.85. The van der Waals surface area contributed by atoms with E-state index in [9.17, 15) is 18.4 Å². The molecule has 0 fully saturated rings. The third-order valence-electron chi connectivity index (χ3n) is 4.65. The van der Waals surface area contributed by atoms with Crippen molar-refractivity contribution in [2.24, 2.45) is 0 Å². The standard InChI is InChI=1S/C21H21F2NO4/c1-13(27-20(26)15-9-11-16(12-10-15)28-21(22)23)19(25)24-18-8-4-6-14-5-2-3-7-17(14)18/h2-3,5,7,9-13,18,21H,4,6,8H2,1H3,(H,24,25)/t13-,18-/m1/s1. The molecule has 7 heteroatoms. The number of hydrogen-bond donors (Lipinski definition) is 1. The molecule has 0 heterocycles. The molecule has 1 N–H and O–H groups in total. The molecule has 0 bridgehead atoms. The Morgan fingerprint density at radius 3 is 2.54 bits per heavy atom. The number of alkyl halides is 2. The lowest BCUT2D eigenvalue weighted by Gasteiger charge is -2.27. The van der Waals surface area contributed by atoms with Gasteiger partial charge in [-0.15, -0.1) is 0 Å². The summed E-state index contributed by atoms with van der Waals surface area (Å²) in [6.07, 6.45) is 1.80. The van der Waals surface area contributed by atoms with E-state index < -0.39 is 18.7 Å². The number of ether oxygens (including phenoxy) is 2. The molecule has 1 aliphatic rings. The van der Waals surface area contributed by atoms with E-state index in [0.29, 0.717) is 0 Å². The summed E-state index contributed by atoms with van der Waals surface area (Å²) < 4.78 is 33.8. The van der Waals surface area contributed by atoms with Gasteiger partial charge in [0.1, 0.15) is 5.75 Å². The summed E-state index contributed by atoms with van der Waals surface area (Å²) in [5.74, 6) is -1.16. The molecule has 0 radical (unpaired) electrons. The molecular weight excluding hydrogens is 368 g/mol. The van der Waals surface area contributed by atoms with Crippen molar-refractivity contribution in [3.8, 4) is 5.75 Å². The molecule has 148 valence electrons. The molecule has 3 rings (SSSR count). The second-order valence-corrected chi connectivity index (χ2v) is 6.60. The minimum absolute atomic E-state index is 0.0618. The van der Waals surface area contributed by atoms with Crippen LogP contribution in [0.4, 0.5) is 8.78 Å². The number of esters is 1. The van der Waals surface area contributed by atoms with Crippen LogP contribution in [0.25, 0.3) is 0 Å². The first kappa shape index (κ1) is 19.8. The van der Waals surface area contributed by atoms with Crippen molar-refractivity contribution in [3.63, 3.8) is 0 Å². The predicted octanol–water partition coefficient (Wildman–Crippen LogP) is 4.03. The van der Waals surface area contributed by atoms with E-state index in [1.807, 2.05) is 18.2 Å². The Labute approximate surface area is 161 Å². The molecule has 2 atom stereocenters. The second kappa shape index (κ2) is 8.82. The molecular formula is C21H21F2NO4. The molecule has 0 saturated carbocycles. The van der Waals surface area contributed by atoms with Crippen LogP contribution in [0.2, 0.25) is 0 Å². The van der Waals surface area contributed by atoms with Crippen LogP contribution in [0.1, 0.15) is 47.3 Å². The molecule has 0 saturated heterocycles. The van der Waals surface area contributed by atoms with Gasteiger partial charge in [-0.25, -0.2) is 4.79 Å². The highest BCUT2D eigenvalue weighted by Gasteiger charge is 2.25. The first-order valence-electron chi connectivity index (χ1n) is 9.08. The zero-order valence-electron chi connectivity index (χ0n) is 15.4. The number of benzene rings is 2. The molecule has 0 spiro atoms. The van der Waals surface area contributed by atoms with E-state index in [4.69, 9.17) is 4.74 Å². The van der Waals surface area contributed by atoms with Crippen LogP contribution in [0.3, 0.4) is 0 Å². The van der Waals surface area contributed by atoms with Crippen LogP contribution < -0.4 is 10.1 Å². The van der Waals surface area contributed by atoms with Crippen LogP contribution in [-0.2, 0) is 16.0 Å². The van der Waals surface area contributed by atoms with Crippen molar-refractivity contribution in [1.82, 2.24) is 5.32 Å². The van der Waals surface area contributed by atoms with Gasteiger partial charge in [0, 0.05) is 0 Å². The number of rotatable bonds is 6. The predicted molar refractivity (Wildman–Crippen MR) is 98.2 cm³/mol. The lowest BCUT2D eigenvalue weighted by molar-refractivity contribution is -0.130. The van der Waals surface area contributed by atoms with E-state index in [2.05, 4.69) is 16.1 Å². The molecule has 2 aromatic carbocycles. The fourth-order valence-corrected chi connectivity index (χ4v) is 3.25. The van der Waals surface area contributed by atoms with Crippen LogP contribution >= 0.6 is 0 Å². The highest BCUT2D eigenvalue weighted by atomic mass is 19.3. The lowest BCUT2D eigenvalue weighted by Crippen LogP contribution is -2.39. The SMILES string of the molecule is C[C@@H](OC(=O)c1ccc(OC(F)F)cc1)C(=O)N[C@@H]1CCCc2ccccc21. The number of halogens is 2. The summed E-state index contributed by atoms with van der Waals surface area (Å²) in [4.78, 5) is 24.7. The van der Waals surface area contributed by atoms with Crippen molar-refractivity contribution >= 4 is 11.9 Å². The summed E-state index contributed by atoms with van der Waals surface area (Å²) in [6, 6.07) is 13.0. The topological polar surface area (TPSA) is 64.6 Å². The van der Waals surface area contributed by atoms with Gasteiger partial charge in [-0.2, -0.15) is 8.78 Å². The van der Waals surface area contributed by atoms with Crippen LogP contribution in [0, 0.1) is 0 Å². The molecule has 0 aromatic heterocycles. The first-order chi connectivity index (χ1) is 13.4. The van der Waals surface area contributed by atoms with E-state index in [1.165, 1.54) is 36.8 Å². The number of nitrogens with one attached hydrogen (secondary N) is 1. The van der Waals surface area contributed by atoms with Crippen LogP contribution in [-0.4, -0.2) is 24.6 Å². The van der Waals surface area contributed by atoms with Crippen molar-refractivity contribution in [2.75, 3.05) is 0 Å². The highest BCUT2D eigenvalue weighted by Crippen LogP contribution is 2.29. The maximum absolute atomic E-state index is 12.5. The smallest absolute Gasteiger partial charge is 0.387 e. The number of amides is 1. The number of aryl methyl sites for hydroxylation is 1. The summed E-state index contributed by atoms with van der Waals surface area (Å²) in [5.41, 5.74) is 2.45. The molecule has 5 nitrogen and oxygen atoms in total. The second-order valence-electron chi connectivity index (χ2n) is 6.60. The van der Waals surface area contributed by atoms with Crippen molar-refractivity contribution < 1.29 is 27.8 Å². The fraction of sp³-hybridized carbons (Fsp3) is 0.333. The fourth-order valence-electron chi connectivity index (χ4n) is 3.25. The van der Waals surface area contributed by atoms with Gasteiger partial charge in [0.2, 0.25) is 0 Å². The third-order valence-corrected chi connectivity index (χ3v) is 4.65. The minimum Gasteiger partial charge on any atom is -0.449 e. The number of hydrogen-bond acceptors (Lipinski definition) is 4. The zero-order valence-corrected chi connectivity index (χ0v) is 15.4. The summed E-state index contributed by atoms with van der Waals surface area (Å²) >= 11 is 0. The van der Waals surface area contributed by atoms with E-state index in [0.717, 1.165) is 24.8 Å². The Hall–Kier alpha value is -2.96. The van der Waals surface area contributed by atoms with Gasteiger partial charge in [-0.3, -0.25) is 4.79 Å². The van der Waals surface area contributed by atoms with E-state index in [1.54, 1.807) is 0 Å². The van der Waals surface area contributed by atoms with Gasteiger partial charge in [0.25, 0.3) is 5.91 Å². The van der Waals surface area contributed by atoms with Gasteiger partial charge >= 0.3 is 12.6 Å². The summed E-state index contributed by atoms with van der Waals surface area (Å²) in [7, 11) is 0. The maximum atomic E-state index is 12.5. The van der Waals surface area contributed by atoms with E-state index in [-0.39, 0.29) is 23.3 Å². The van der Waals surface area contributed by atoms with Crippen molar-refractivity contribution in [3.05, 3.63) is 65.2 Å². The summed E-state index contributed by atoms with van der Waals surface area (Å²) in [6.45, 7) is -1.44. The average Bonchev–Trinajstić information content (AvgIpc) is 2.68. The Bertz CT molecular complexity index is 839. The maximum Gasteiger partial charge on any atom is 0.387 e. The van der Waals surface area contributed by atoms with Gasteiger partial charge in [0.05, 0.1) is 11.6 Å². The van der Waals surface area contributed by atoms with Gasteiger partial charge in [-0.05, 0) is 61.6 Å². The van der Waals surface area contributed by atoms with Crippen LogP contribution in [0.5, 0.6) is 5.75 Å². The largest absolute Gasteiger partial charge is 0.449 e. The number of fused-ring (bicyclic) bond motifs is 1. The van der Waals surface area contributed by atoms with Crippen molar-refractivity contribution in [2.45, 2.75) is 44.9 Å². The first-order valence-corrected chi connectivity index (χ1v) is 9.08. The van der Waals surface area contributed by atoms with Crippen molar-refractivity contribution in [1.29, 1.82) is 0 Å². The molecule has 1 amide bonds. The van der Waals surface area contributed by atoms with Gasteiger partial charge < -0.3 is 14.8 Å². The number of carbonyl (C=O) groups excluding carboxylic acids is 2. The Balaban J connectivity index is 1.58. The Morgan fingerprint density at radius 1 is 1.11 bits per heavy atom. The molecule has 2 aromatic rings.